The van der Waals surface area contributed by atoms with Gasteiger partial charge in [-0.3, -0.25) is 0 Å². The van der Waals surface area contributed by atoms with Crippen LogP contribution in [0.5, 0.6) is 0 Å². The Morgan fingerprint density at radius 3 is 2.43 bits per heavy atom. The Hall–Kier alpha value is -1.18. The molecule has 1 atom stereocenters. The highest BCUT2D eigenvalue weighted by atomic mass is 35.5. The second kappa shape index (κ2) is 8.31. The third-order valence-electron chi connectivity index (χ3n) is 3.58. The molecule has 0 amide bonds. The number of halogens is 2. The van der Waals surface area contributed by atoms with Crippen molar-refractivity contribution in [3.05, 3.63) is 64.1 Å². The van der Waals surface area contributed by atoms with Crippen molar-refractivity contribution in [1.82, 2.24) is 0 Å². The fourth-order valence-electron chi connectivity index (χ4n) is 2.41. The molecule has 0 heterocycles. The molecule has 0 radical (unpaired) electrons. The van der Waals surface area contributed by atoms with Gasteiger partial charge in [0, 0.05) is 0 Å². The first-order valence-corrected chi connectivity index (χ1v) is 8.23. The summed E-state index contributed by atoms with van der Waals surface area (Å²) in [5, 5.41) is 4.73. The van der Waals surface area contributed by atoms with E-state index in [2.05, 4.69) is 36.5 Å². The highest BCUT2D eigenvalue weighted by Gasteiger charge is 2.13. The minimum absolute atomic E-state index is 0.258. The van der Waals surface area contributed by atoms with E-state index in [0.29, 0.717) is 10.0 Å². The fourth-order valence-corrected chi connectivity index (χ4v) is 2.76. The molecule has 3 heteroatoms. The van der Waals surface area contributed by atoms with Crippen LogP contribution < -0.4 is 5.32 Å². The molecule has 112 valence electrons. The van der Waals surface area contributed by atoms with E-state index in [1.165, 1.54) is 24.8 Å². The van der Waals surface area contributed by atoms with Crippen molar-refractivity contribution in [2.75, 3.05) is 5.32 Å². The SMILES string of the molecule is CCCCCC(Nc1cccc(Cl)c1Cl)c1ccccc1. The van der Waals surface area contributed by atoms with Crippen LogP contribution in [0.2, 0.25) is 10.0 Å². The number of rotatable bonds is 7. The van der Waals surface area contributed by atoms with Crippen LogP contribution in [0.4, 0.5) is 5.69 Å². The zero-order valence-corrected chi connectivity index (χ0v) is 13.8. The Morgan fingerprint density at radius 2 is 1.71 bits per heavy atom. The number of nitrogens with one attached hydrogen (secondary N) is 1. The van der Waals surface area contributed by atoms with E-state index in [1.54, 1.807) is 0 Å². The molecular weight excluding hydrogens is 301 g/mol. The van der Waals surface area contributed by atoms with Gasteiger partial charge in [0.15, 0.2) is 0 Å². The summed E-state index contributed by atoms with van der Waals surface area (Å²) in [4.78, 5) is 0. The van der Waals surface area contributed by atoms with Crippen molar-refractivity contribution >= 4 is 28.9 Å². The standard InChI is InChI=1S/C18H21Cl2N/c1-2-3-5-12-16(14-9-6-4-7-10-14)21-17-13-8-11-15(19)18(17)20/h4,6-11,13,16,21H,2-3,5,12H2,1H3. The molecule has 1 nitrogen and oxygen atoms in total. The first kappa shape index (κ1) is 16.2. The second-order valence-corrected chi connectivity index (χ2v) is 5.99. The van der Waals surface area contributed by atoms with E-state index in [0.717, 1.165) is 12.1 Å². The maximum atomic E-state index is 6.29. The first-order chi connectivity index (χ1) is 10.2. The molecule has 1 unspecified atom stereocenters. The van der Waals surface area contributed by atoms with Gasteiger partial charge in [-0.15, -0.1) is 0 Å². The Balaban J connectivity index is 2.17. The van der Waals surface area contributed by atoms with Gasteiger partial charge in [-0.2, -0.15) is 0 Å². The molecule has 2 aromatic rings. The van der Waals surface area contributed by atoms with Crippen molar-refractivity contribution in [3.8, 4) is 0 Å². The lowest BCUT2D eigenvalue weighted by atomic mass is 10.00. The molecule has 21 heavy (non-hydrogen) atoms. The molecule has 0 aromatic heterocycles. The second-order valence-electron chi connectivity index (χ2n) is 5.20. The molecule has 0 aliphatic rings. The van der Waals surface area contributed by atoms with Gasteiger partial charge in [-0.1, -0.05) is 85.8 Å². The highest BCUT2D eigenvalue weighted by Crippen LogP contribution is 2.33. The van der Waals surface area contributed by atoms with Crippen LogP contribution in [-0.4, -0.2) is 0 Å². The average Bonchev–Trinajstić information content (AvgIpc) is 2.51. The molecule has 0 aliphatic carbocycles. The topological polar surface area (TPSA) is 12.0 Å². The normalized spacial score (nSPS) is 12.1. The zero-order valence-electron chi connectivity index (χ0n) is 12.3. The fraction of sp³-hybridized carbons (Fsp3) is 0.333. The highest BCUT2D eigenvalue weighted by molar-refractivity contribution is 6.43. The van der Waals surface area contributed by atoms with Gasteiger partial charge >= 0.3 is 0 Å². The van der Waals surface area contributed by atoms with Gasteiger partial charge in [-0.05, 0) is 24.1 Å². The summed E-state index contributed by atoms with van der Waals surface area (Å²) in [6, 6.07) is 16.5. The summed E-state index contributed by atoms with van der Waals surface area (Å²) in [5.41, 5.74) is 2.18. The smallest absolute Gasteiger partial charge is 0.0823 e. The minimum Gasteiger partial charge on any atom is -0.377 e. The molecule has 1 N–H and O–H groups in total. The van der Waals surface area contributed by atoms with Crippen molar-refractivity contribution in [1.29, 1.82) is 0 Å². The Morgan fingerprint density at radius 1 is 0.952 bits per heavy atom. The van der Waals surface area contributed by atoms with Crippen molar-refractivity contribution in [2.45, 2.75) is 38.6 Å². The summed E-state index contributed by atoms with van der Waals surface area (Å²) in [7, 11) is 0. The molecule has 0 bridgehead atoms. The summed E-state index contributed by atoms with van der Waals surface area (Å²) >= 11 is 12.4. The number of benzene rings is 2. The first-order valence-electron chi connectivity index (χ1n) is 7.48. The van der Waals surface area contributed by atoms with Crippen molar-refractivity contribution in [2.24, 2.45) is 0 Å². The maximum absolute atomic E-state index is 6.29. The lowest BCUT2D eigenvalue weighted by molar-refractivity contribution is 0.606. The summed E-state index contributed by atoms with van der Waals surface area (Å²) in [6.07, 6.45) is 4.75. The quantitative estimate of drug-likeness (QED) is 0.557. The van der Waals surface area contributed by atoms with E-state index in [4.69, 9.17) is 23.2 Å². The van der Waals surface area contributed by atoms with E-state index in [9.17, 15) is 0 Å². The van der Waals surface area contributed by atoms with Gasteiger partial charge in [0.05, 0.1) is 21.8 Å². The number of hydrogen-bond donors (Lipinski definition) is 1. The average molecular weight is 322 g/mol. The molecule has 0 aliphatic heterocycles. The third kappa shape index (κ3) is 4.66. The van der Waals surface area contributed by atoms with Crippen molar-refractivity contribution in [3.63, 3.8) is 0 Å². The van der Waals surface area contributed by atoms with Gasteiger partial charge in [0.25, 0.3) is 0 Å². The molecule has 0 saturated heterocycles. The molecule has 0 spiro atoms. The predicted molar refractivity (Wildman–Crippen MR) is 93.4 cm³/mol. The molecular formula is C18H21Cl2N. The summed E-state index contributed by atoms with van der Waals surface area (Å²) in [6.45, 7) is 2.22. The van der Waals surface area contributed by atoms with Crippen LogP contribution in [0.3, 0.4) is 0 Å². The van der Waals surface area contributed by atoms with Crippen LogP contribution >= 0.6 is 23.2 Å². The van der Waals surface area contributed by atoms with Gasteiger partial charge in [0.1, 0.15) is 0 Å². The number of anilines is 1. The van der Waals surface area contributed by atoms with Crippen molar-refractivity contribution < 1.29 is 0 Å². The van der Waals surface area contributed by atoms with Gasteiger partial charge in [0.2, 0.25) is 0 Å². The largest absolute Gasteiger partial charge is 0.377 e. The van der Waals surface area contributed by atoms with E-state index in [1.807, 2.05) is 24.3 Å². The van der Waals surface area contributed by atoms with Crippen LogP contribution in [0, 0.1) is 0 Å². The van der Waals surface area contributed by atoms with E-state index in [-0.39, 0.29) is 6.04 Å². The Labute approximate surface area is 137 Å². The van der Waals surface area contributed by atoms with Crippen LogP contribution in [0.1, 0.15) is 44.2 Å². The maximum Gasteiger partial charge on any atom is 0.0823 e. The lowest BCUT2D eigenvalue weighted by Gasteiger charge is -2.21. The van der Waals surface area contributed by atoms with Crippen LogP contribution in [0.25, 0.3) is 0 Å². The Kier molecular flexibility index (Phi) is 6.41. The molecule has 2 aromatic carbocycles. The Bertz CT molecular complexity index is 554. The van der Waals surface area contributed by atoms with Gasteiger partial charge in [-0.25, -0.2) is 0 Å². The van der Waals surface area contributed by atoms with Crippen LogP contribution in [0.15, 0.2) is 48.5 Å². The van der Waals surface area contributed by atoms with E-state index >= 15 is 0 Å². The lowest BCUT2D eigenvalue weighted by Crippen LogP contribution is -2.11. The number of hydrogen-bond acceptors (Lipinski definition) is 1. The third-order valence-corrected chi connectivity index (χ3v) is 4.40. The predicted octanol–water partition coefficient (Wildman–Crippen LogP) is 6.73. The minimum atomic E-state index is 0.258. The monoisotopic (exact) mass is 321 g/mol. The molecule has 0 saturated carbocycles. The zero-order chi connectivity index (χ0) is 15.1. The molecule has 0 fully saturated rings. The summed E-state index contributed by atoms with van der Waals surface area (Å²) < 4.78 is 0. The van der Waals surface area contributed by atoms with Gasteiger partial charge < -0.3 is 5.32 Å². The number of unbranched alkanes of at least 4 members (excludes halogenated alkanes) is 2. The summed E-state index contributed by atoms with van der Waals surface area (Å²) in [5.74, 6) is 0. The van der Waals surface area contributed by atoms with E-state index < -0.39 is 0 Å². The van der Waals surface area contributed by atoms with Crippen LogP contribution in [-0.2, 0) is 0 Å². The molecule has 2 rings (SSSR count).